The Bertz CT molecular complexity index is 1780. The Kier molecular flexibility index (Phi) is 6.21. The highest BCUT2D eigenvalue weighted by atomic mass is 19.4. The third kappa shape index (κ3) is 4.86. The van der Waals surface area contributed by atoms with Crippen molar-refractivity contribution in [3.8, 4) is 45.2 Å². The Morgan fingerprint density at radius 1 is 0.750 bits per heavy atom. The topological polar surface area (TPSA) is 82.3 Å². The molecule has 0 spiro atoms. The summed E-state index contributed by atoms with van der Waals surface area (Å²) < 4.78 is 71.1. The standard InChI is InChI=1S/C28H16F5N7/c29-22-5-1-4-20(26(22)30)27-36-24-13-35-40(15-25(24)37-27)14-18-7-9-23(39-38-18)19-8-6-16(11-21(19)28(31,32)33)17-3-2-10-34-12-17/h1-13,15H,14H2. The zero-order chi connectivity index (χ0) is 27.9. The van der Waals surface area contributed by atoms with E-state index in [1.807, 2.05) is 0 Å². The van der Waals surface area contributed by atoms with Crippen molar-refractivity contribution in [2.24, 2.45) is 0 Å². The van der Waals surface area contributed by atoms with Gasteiger partial charge in [0.1, 0.15) is 11.4 Å². The minimum atomic E-state index is -4.61. The molecule has 0 amide bonds. The van der Waals surface area contributed by atoms with E-state index < -0.39 is 23.4 Å². The predicted octanol–water partition coefficient (Wildman–Crippen LogP) is 6.31. The Morgan fingerprint density at radius 3 is 2.35 bits per heavy atom. The predicted molar refractivity (Wildman–Crippen MR) is 135 cm³/mol. The molecule has 2 aliphatic heterocycles. The second kappa shape index (κ2) is 9.88. The van der Waals surface area contributed by atoms with Crippen molar-refractivity contribution in [2.45, 2.75) is 12.7 Å². The normalized spacial score (nSPS) is 11.7. The van der Waals surface area contributed by atoms with Crippen molar-refractivity contribution in [2.75, 3.05) is 0 Å². The van der Waals surface area contributed by atoms with E-state index in [1.165, 1.54) is 41.3 Å². The van der Waals surface area contributed by atoms with Crippen LogP contribution in [0.2, 0.25) is 0 Å². The molecule has 6 rings (SSSR count). The van der Waals surface area contributed by atoms with Crippen LogP contribution in [0.1, 0.15) is 11.3 Å². The van der Waals surface area contributed by atoms with Crippen LogP contribution in [0.15, 0.2) is 85.5 Å². The van der Waals surface area contributed by atoms with Crippen LogP contribution in [0.25, 0.3) is 45.2 Å². The molecular formula is C28H16F5N7. The van der Waals surface area contributed by atoms with Crippen LogP contribution in [0.3, 0.4) is 0 Å². The average molecular weight is 545 g/mol. The number of aromatic nitrogens is 7. The second-order valence-electron chi connectivity index (χ2n) is 8.80. The molecule has 0 fully saturated rings. The number of nitrogens with zero attached hydrogens (tertiary/aromatic N) is 7. The minimum Gasteiger partial charge on any atom is -0.264 e. The van der Waals surface area contributed by atoms with Gasteiger partial charge in [-0.15, -0.1) is 0 Å². The molecule has 0 atom stereocenters. The van der Waals surface area contributed by atoms with E-state index in [-0.39, 0.29) is 29.2 Å². The lowest BCUT2D eigenvalue weighted by atomic mass is 9.97. The fraction of sp³-hybridized carbons (Fsp3) is 0.0714. The Morgan fingerprint density at radius 2 is 1.60 bits per heavy atom. The Labute approximate surface area is 223 Å². The number of rotatable bonds is 5. The Balaban J connectivity index is 1.26. The largest absolute Gasteiger partial charge is 0.417 e. The molecule has 2 aromatic heterocycles. The van der Waals surface area contributed by atoms with Crippen molar-refractivity contribution < 1.29 is 22.0 Å². The van der Waals surface area contributed by atoms with Crippen molar-refractivity contribution in [3.05, 3.63) is 108 Å². The summed E-state index contributed by atoms with van der Waals surface area (Å²) >= 11 is 0. The van der Waals surface area contributed by atoms with Crippen molar-refractivity contribution in [1.29, 1.82) is 0 Å². The monoisotopic (exact) mass is 545 g/mol. The summed E-state index contributed by atoms with van der Waals surface area (Å²) in [5.41, 5.74) is 1.19. The van der Waals surface area contributed by atoms with Gasteiger partial charge in [0.25, 0.3) is 0 Å². The molecule has 0 N–H and O–H groups in total. The lowest BCUT2D eigenvalue weighted by Gasteiger charge is -2.14. The first-order valence-corrected chi connectivity index (χ1v) is 11.9. The zero-order valence-electron chi connectivity index (χ0n) is 20.3. The summed E-state index contributed by atoms with van der Waals surface area (Å²) in [5.74, 6) is -2.03. The van der Waals surface area contributed by atoms with E-state index in [4.69, 9.17) is 0 Å². The molecule has 0 aliphatic carbocycles. The molecule has 198 valence electrons. The number of benzene rings is 2. The maximum absolute atomic E-state index is 14.2. The molecule has 2 aliphatic rings. The first-order chi connectivity index (χ1) is 19.3. The molecule has 40 heavy (non-hydrogen) atoms. The van der Waals surface area contributed by atoms with Crippen LogP contribution >= 0.6 is 0 Å². The maximum Gasteiger partial charge on any atom is 0.417 e. The first-order valence-electron chi connectivity index (χ1n) is 11.9. The quantitative estimate of drug-likeness (QED) is 0.236. The summed E-state index contributed by atoms with van der Waals surface area (Å²) in [6.07, 6.45) is 1.40. The van der Waals surface area contributed by atoms with E-state index in [0.717, 1.165) is 12.1 Å². The number of alkyl halides is 3. The summed E-state index contributed by atoms with van der Waals surface area (Å²) in [4.78, 5) is 12.5. The van der Waals surface area contributed by atoms with E-state index in [9.17, 15) is 22.0 Å². The number of halogens is 5. The van der Waals surface area contributed by atoms with Crippen molar-refractivity contribution in [1.82, 2.24) is 34.9 Å². The van der Waals surface area contributed by atoms with E-state index in [1.54, 1.807) is 36.7 Å². The van der Waals surface area contributed by atoms with Gasteiger partial charge in [-0.1, -0.05) is 24.3 Å². The molecule has 7 nitrogen and oxygen atoms in total. The van der Waals surface area contributed by atoms with Crippen LogP contribution in [0.5, 0.6) is 0 Å². The number of fused-ring (bicyclic) bond motifs is 1. The van der Waals surface area contributed by atoms with Gasteiger partial charge in [-0.05, 0) is 42.0 Å². The van der Waals surface area contributed by atoms with Crippen LogP contribution in [-0.2, 0) is 12.7 Å². The molecular weight excluding hydrogens is 529 g/mol. The first kappa shape index (κ1) is 25.2. The lowest BCUT2D eigenvalue weighted by molar-refractivity contribution is -0.137. The van der Waals surface area contributed by atoms with Gasteiger partial charge in [0, 0.05) is 23.5 Å². The third-order valence-electron chi connectivity index (χ3n) is 6.15. The van der Waals surface area contributed by atoms with Crippen LogP contribution in [0, 0.1) is 11.6 Å². The molecule has 4 heterocycles. The van der Waals surface area contributed by atoms with E-state index >= 15 is 0 Å². The maximum atomic E-state index is 14.2. The van der Waals surface area contributed by atoms with Crippen molar-refractivity contribution in [3.63, 3.8) is 0 Å². The van der Waals surface area contributed by atoms with Gasteiger partial charge in [0.2, 0.25) is 0 Å². The highest BCUT2D eigenvalue weighted by Crippen LogP contribution is 2.38. The number of imidazole rings is 1. The van der Waals surface area contributed by atoms with E-state index in [0.29, 0.717) is 28.2 Å². The fourth-order valence-electron chi connectivity index (χ4n) is 4.21. The summed E-state index contributed by atoms with van der Waals surface area (Å²) in [5, 5.41) is 12.4. The minimum absolute atomic E-state index is 0.0192. The number of pyridine rings is 1. The second-order valence-corrected chi connectivity index (χ2v) is 8.80. The number of hydrogen-bond donors (Lipinski definition) is 0. The summed E-state index contributed by atoms with van der Waals surface area (Å²) in [7, 11) is 0. The third-order valence-corrected chi connectivity index (χ3v) is 6.15. The zero-order valence-corrected chi connectivity index (χ0v) is 20.3. The van der Waals surface area contributed by atoms with Gasteiger partial charge >= 0.3 is 6.18 Å². The average Bonchev–Trinajstić information content (AvgIpc) is 3.38. The summed E-state index contributed by atoms with van der Waals surface area (Å²) in [6, 6.07) is 14.1. The smallest absolute Gasteiger partial charge is 0.264 e. The van der Waals surface area contributed by atoms with Gasteiger partial charge in [0.15, 0.2) is 17.5 Å². The molecule has 0 saturated carbocycles. The molecule has 0 radical (unpaired) electrons. The Hall–Kier alpha value is -5.13. The van der Waals surface area contributed by atoms with Gasteiger partial charge in [0.05, 0.1) is 41.5 Å². The number of hydrogen-bond acceptors (Lipinski definition) is 6. The van der Waals surface area contributed by atoms with Crippen LogP contribution in [0.4, 0.5) is 22.0 Å². The van der Waals surface area contributed by atoms with Crippen LogP contribution in [-0.4, -0.2) is 34.9 Å². The van der Waals surface area contributed by atoms with Gasteiger partial charge in [-0.3, -0.25) is 9.67 Å². The van der Waals surface area contributed by atoms with Gasteiger partial charge in [-0.25, -0.2) is 18.7 Å². The van der Waals surface area contributed by atoms with Gasteiger partial charge < -0.3 is 0 Å². The molecule has 2 aromatic carbocycles. The molecule has 12 heteroatoms. The molecule has 4 aromatic rings. The highest BCUT2D eigenvalue weighted by Gasteiger charge is 2.34. The lowest BCUT2D eigenvalue weighted by Crippen LogP contribution is -2.10. The van der Waals surface area contributed by atoms with Crippen LogP contribution < -0.4 is 0 Å². The van der Waals surface area contributed by atoms with E-state index in [2.05, 4.69) is 30.2 Å². The molecule has 0 bridgehead atoms. The van der Waals surface area contributed by atoms with Gasteiger partial charge in [-0.2, -0.15) is 28.5 Å². The molecule has 0 saturated heterocycles. The SMILES string of the molecule is Fc1cccc(-c2nc3cnn(Cc4ccc(-c5ccc(-c6cccnc6)cc5C(F)(F)F)nn4)cc-3n2)c1F. The highest BCUT2D eigenvalue weighted by molar-refractivity contribution is 5.72. The van der Waals surface area contributed by atoms with Crippen molar-refractivity contribution >= 4 is 0 Å². The molecule has 0 unspecified atom stereocenters. The fourth-order valence-corrected chi connectivity index (χ4v) is 4.21. The summed E-state index contributed by atoms with van der Waals surface area (Å²) in [6.45, 7) is 0.131.